The fourth-order valence-corrected chi connectivity index (χ4v) is 1.56. The third-order valence-corrected chi connectivity index (χ3v) is 2.90. The fraction of sp³-hybridized carbons (Fsp3) is 0.889. The lowest BCUT2D eigenvalue weighted by molar-refractivity contribution is -0.278. The Bertz CT molecular complexity index is 266. The molecule has 1 aliphatic carbocycles. The third-order valence-electron chi connectivity index (χ3n) is 2.90. The van der Waals surface area contributed by atoms with Crippen molar-refractivity contribution in [2.75, 3.05) is 6.61 Å². The number of aliphatic hydroxyl groups is 1. The Morgan fingerprint density at radius 2 is 1.93 bits per heavy atom. The monoisotopic (exact) mass is 226 g/mol. The molecule has 0 heterocycles. The van der Waals surface area contributed by atoms with Gasteiger partial charge in [0.15, 0.2) is 5.60 Å². The Morgan fingerprint density at radius 3 is 2.20 bits per heavy atom. The maximum Gasteiger partial charge on any atom is 0.418 e. The van der Waals surface area contributed by atoms with Gasteiger partial charge in [-0.15, -0.1) is 0 Å². The third kappa shape index (κ3) is 1.71. The molecule has 1 unspecified atom stereocenters. The minimum Gasteiger partial charge on any atom is -0.465 e. The molecule has 0 spiro atoms. The van der Waals surface area contributed by atoms with Crippen LogP contribution in [0.25, 0.3) is 0 Å². The van der Waals surface area contributed by atoms with Crippen molar-refractivity contribution < 1.29 is 27.8 Å². The minimum absolute atomic E-state index is 0.00845. The molecule has 6 heteroatoms. The lowest BCUT2D eigenvalue weighted by atomic mass is 9.85. The van der Waals surface area contributed by atoms with Gasteiger partial charge in [0.2, 0.25) is 0 Å². The van der Waals surface area contributed by atoms with Crippen LogP contribution in [0.4, 0.5) is 13.2 Å². The lowest BCUT2D eigenvalue weighted by Crippen LogP contribution is -2.53. The number of halogens is 3. The zero-order chi connectivity index (χ0) is 11.9. The van der Waals surface area contributed by atoms with Crippen molar-refractivity contribution in [2.45, 2.75) is 38.5 Å². The average molecular weight is 226 g/mol. The molecule has 1 atom stereocenters. The second-order valence-electron chi connectivity index (χ2n) is 3.87. The molecule has 0 bridgehead atoms. The zero-order valence-corrected chi connectivity index (χ0v) is 8.52. The minimum atomic E-state index is -4.82. The van der Waals surface area contributed by atoms with Crippen LogP contribution in [-0.4, -0.2) is 29.5 Å². The van der Waals surface area contributed by atoms with Gasteiger partial charge in [-0.2, -0.15) is 13.2 Å². The molecule has 1 saturated carbocycles. The molecule has 3 nitrogen and oxygen atoms in total. The number of hydrogen-bond donors (Lipinski definition) is 1. The van der Waals surface area contributed by atoms with Crippen molar-refractivity contribution >= 4 is 5.97 Å². The van der Waals surface area contributed by atoms with Crippen LogP contribution in [0.5, 0.6) is 0 Å². The van der Waals surface area contributed by atoms with Crippen LogP contribution in [0.3, 0.4) is 0 Å². The Morgan fingerprint density at radius 1 is 1.47 bits per heavy atom. The van der Waals surface area contributed by atoms with E-state index < -0.39 is 23.2 Å². The van der Waals surface area contributed by atoms with Crippen LogP contribution >= 0.6 is 0 Å². The van der Waals surface area contributed by atoms with Crippen molar-refractivity contribution in [2.24, 2.45) is 5.41 Å². The Hall–Kier alpha value is -0.780. The molecular weight excluding hydrogens is 213 g/mol. The summed E-state index contributed by atoms with van der Waals surface area (Å²) in [4.78, 5) is 11.3. The summed E-state index contributed by atoms with van der Waals surface area (Å²) in [5.74, 6) is -0.965. The van der Waals surface area contributed by atoms with E-state index >= 15 is 0 Å². The van der Waals surface area contributed by atoms with Crippen LogP contribution in [0, 0.1) is 5.41 Å². The SMILES string of the molecule is CCOC(=O)C1(C(C)(O)C(F)(F)F)CC1. The largest absolute Gasteiger partial charge is 0.465 e. The molecule has 0 aliphatic heterocycles. The normalized spacial score (nSPS) is 23.1. The summed E-state index contributed by atoms with van der Waals surface area (Å²) < 4.78 is 42.1. The average Bonchev–Trinajstić information content (AvgIpc) is 2.82. The highest BCUT2D eigenvalue weighted by molar-refractivity contribution is 5.81. The van der Waals surface area contributed by atoms with Gasteiger partial charge < -0.3 is 9.84 Å². The Kier molecular flexibility index (Phi) is 2.76. The maximum absolute atomic E-state index is 12.5. The Labute approximate surface area is 85.2 Å². The molecule has 1 aliphatic rings. The Balaban J connectivity index is 2.92. The van der Waals surface area contributed by atoms with Crippen LogP contribution in [0.1, 0.15) is 26.7 Å². The summed E-state index contributed by atoms with van der Waals surface area (Å²) in [5.41, 5.74) is -4.80. The summed E-state index contributed by atoms with van der Waals surface area (Å²) >= 11 is 0. The first-order valence-corrected chi connectivity index (χ1v) is 4.65. The molecule has 0 saturated heterocycles. The van der Waals surface area contributed by atoms with Gasteiger partial charge in [0.25, 0.3) is 0 Å². The molecule has 88 valence electrons. The first-order chi connectivity index (χ1) is 6.69. The maximum atomic E-state index is 12.5. The van der Waals surface area contributed by atoms with E-state index in [0.29, 0.717) is 6.92 Å². The van der Waals surface area contributed by atoms with Gasteiger partial charge in [0.05, 0.1) is 6.61 Å². The van der Waals surface area contributed by atoms with Crippen molar-refractivity contribution in [1.29, 1.82) is 0 Å². The highest BCUT2D eigenvalue weighted by Crippen LogP contribution is 2.59. The number of esters is 1. The van der Waals surface area contributed by atoms with Gasteiger partial charge in [-0.25, -0.2) is 0 Å². The van der Waals surface area contributed by atoms with Gasteiger partial charge >= 0.3 is 12.1 Å². The van der Waals surface area contributed by atoms with Crippen molar-refractivity contribution in [3.63, 3.8) is 0 Å². The van der Waals surface area contributed by atoms with Crippen LogP contribution in [0.2, 0.25) is 0 Å². The summed E-state index contributed by atoms with van der Waals surface area (Å²) in [6.07, 6.45) is -4.80. The molecule has 0 radical (unpaired) electrons. The molecule has 0 aromatic rings. The first kappa shape index (κ1) is 12.3. The number of alkyl halides is 3. The second-order valence-corrected chi connectivity index (χ2v) is 3.87. The molecule has 15 heavy (non-hydrogen) atoms. The standard InChI is InChI=1S/C9H13F3O3/c1-3-15-6(13)8(4-5-8)7(2,14)9(10,11)12/h14H,3-5H2,1-2H3. The highest BCUT2D eigenvalue weighted by atomic mass is 19.4. The highest BCUT2D eigenvalue weighted by Gasteiger charge is 2.73. The molecule has 0 amide bonds. The van der Waals surface area contributed by atoms with E-state index in [-0.39, 0.29) is 19.4 Å². The second kappa shape index (κ2) is 3.37. The van der Waals surface area contributed by atoms with Gasteiger partial charge in [0.1, 0.15) is 5.41 Å². The summed E-state index contributed by atoms with van der Waals surface area (Å²) in [6, 6.07) is 0. The molecule has 1 rings (SSSR count). The van der Waals surface area contributed by atoms with Crippen molar-refractivity contribution in [3.05, 3.63) is 0 Å². The van der Waals surface area contributed by atoms with Crippen molar-refractivity contribution in [3.8, 4) is 0 Å². The molecule has 1 fully saturated rings. The van der Waals surface area contributed by atoms with E-state index in [2.05, 4.69) is 4.74 Å². The number of carbonyl (C=O) groups is 1. The van der Waals surface area contributed by atoms with Crippen LogP contribution in [0.15, 0.2) is 0 Å². The number of ether oxygens (including phenoxy) is 1. The van der Waals surface area contributed by atoms with Gasteiger partial charge in [-0.3, -0.25) is 4.79 Å². The van der Waals surface area contributed by atoms with E-state index in [0.717, 1.165) is 0 Å². The van der Waals surface area contributed by atoms with E-state index in [1.807, 2.05) is 0 Å². The van der Waals surface area contributed by atoms with Crippen molar-refractivity contribution in [1.82, 2.24) is 0 Å². The lowest BCUT2D eigenvalue weighted by Gasteiger charge is -2.33. The van der Waals surface area contributed by atoms with E-state index in [1.165, 1.54) is 6.92 Å². The summed E-state index contributed by atoms with van der Waals surface area (Å²) in [6.45, 7) is 2.14. The zero-order valence-electron chi connectivity index (χ0n) is 8.52. The van der Waals surface area contributed by atoms with Crippen LogP contribution < -0.4 is 0 Å². The summed E-state index contributed by atoms with van der Waals surface area (Å²) in [5, 5.41) is 9.41. The first-order valence-electron chi connectivity index (χ1n) is 4.65. The van der Waals surface area contributed by atoms with Gasteiger partial charge in [-0.05, 0) is 26.7 Å². The van der Waals surface area contributed by atoms with E-state index in [1.54, 1.807) is 0 Å². The molecule has 0 aromatic carbocycles. The smallest absolute Gasteiger partial charge is 0.418 e. The molecule has 1 N–H and O–H groups in total. The quantitative estimate of drug-likeness (QED) is 0.744. The molecule has 0 aromatic heterocycles. The number of rotatable bonds is 3. The van der Waals surface area contributed by atoms with Gasteiger partial charge in [0, 0.05) is 0 Å². The number of hydrogen-bond acceptors (Lipinski definition) is 3. The topological polar surface area (TPSA) is 46.5 Å². The predicted octanol–water partition coefficient (Wildman–Crippen LogP) is 1.64. The fourth-order valence-electron chi connectivity index (χ4n) is 1.56. The summed E-state index contributed by atoms with van der Waals surface area (Å²) in [7, 11) is 0. The van der Waals surface area contributed by atoms with E-state index in [4.69, 9.17) is 0 Å². The molecular formula is C9H13F3O3. The van der Waals surface area contributed by atoms with Gasteiger partial charge in [-0.1, -0.05) is 0 Å². The number of carbonyl (C=O) groups excluding carboxylic acids is 1. The van der Waals surface area contributed by atoms with E-state index in [9.17, 15) is 23.1 Å². The van der Waals surface area contributed by atoms with Crippen LogP contribution in [-0.2, 0) is 9.53 Å². The predicted molar refractivity (Wildman–Crippen MR) is 45.0 cm³/mol.